The Balaban J connectivity index is 1.97. The SMILES string of the molecule is CCCCCOc1ccc(/C(O)=C2/C(=O)C(=O)N(CCOC)C2c2ccccc2F)cc1. The Bertz CT molecular complexity index is 986. The zero-order valence-electron chi connectivity index (χ0n) is 18.3. The summed E-state index contributed by atoms with van der Waals surface area (Å²) in [5.74, 6) is -1.93. The molecule has 0 bridgehead atoms. The van der Waals surface area contributed by atoms with E-state index in [0.717, 1.165) is 19.3 Å². The number of halogens is 1. The van der Waals surface area contributed by atoms with Gasteiger partial charge in [0, 0.05) is 24.8 Å². The number of rotatable bonds is 10. The standard InChI is InChI=1S/C25H28FNO5/c1-3-4-7-15-32-18-12-10-17(11-13-18)23(28)21-22(19-8-5-6-9-20(19)26)27(14-16-31-2)25(30)24(21)29/h5-6,8-13,22,28H,3-4,7,14-16H2,1-2H3/b23-21-. The first-order valence-electron chi connectivity index (χ1n) is 10.7. The summed E-state index contributed by atoms with van der Waals surface area (Å²) in [6.45, 7) is 2.96. The molecule has 1 saturated heterocycles. The van der Waals surface area contributed by atoms with E-state index in [-0.39, 0.29) is 30.0 Å². The van der Waals surface area contributed by atoms with Gasteiger partial charge in [0.2, 0.25) is 0 Å². The smallest absolute Gasteiger partial charge is 0.295 e. The van der Waals surface area contributed by atoms with E-state index in [4.69, 9.17) is 9.47 Å². The highest BCUT2D eigenvalue weighted by atomic mass is 19.1. The molecule has 32 heavy (non-hydrogen) atoms. The van der Waals surface area contributed by atoms with Crippen LogP contribution in [0.4, 0.5) is 4.39 Å². The number of amides is 1. The molecule has 2 aromatic rings. The fourth-order valence-corrected chi connectivity index (χ4v) is 3.73. The average Bonchev–Trinajstić information content (AvgIpc) is 3.05. The van der Waals surface area contributed by atoms with Crippen LogP contribution >= 0.6 is 0 Å². The van der Waals surface area contributed by atoms with Crippen molar-refractivity contribution >= 4 is 17.4 Å². The predicted octanol–water partition coefficient (Wildman–Crippen LogP) is 4.46. The summed E-state index contributed by atoms with van der Waals surface area (Å²) in [4.78, 5) is 26.8. The molecule has 0 spiro atoms. The van der Waals surface area contributed by atoms with Crippen LogP contribution in [0.5, 0.6) is 5.75 Å². The lowest BCUT2D eigenvalue weighted by molar-refractivity contribution is -0.140. The molecule has 1 atom stereocenters. The number of likely N-dealkylation sites (tertiary alicyclic amines) is 1. The van der Waals surface area contributed by atoms with Gasteiger partial charge in [-0.05, 0) is 36.8 Å². The monoisotopic (exact) mass is 441 g/mol. The van der Waals surface area contributed by atoms with Gasteiger partial charge in [0.25, 0.3) is 11.7 Å². The van der Waals surface area contributed by atoms with Crippen LogP contribution in [-0.4, -0.2) is 48.6 Å². The third-order valence-corrected chi connectivity index (χ3v) is 5.42. The van der Waals surface area contributed by atoms with Crippen molar-refractivity contribution < 1.29 is 28.6 Å². The number of aliphatic hydroxyl groups excluding tert-OH is 1. The van der Waals surface area contributed by atoms with Gasteiger partial charge in [-0.25, -0.2) is 4.39 Å². The number of carbonyl (C=O) groups excluding carboxylic acids is 2. The van der Waals surface area contributed by atoms with Crippen LogP contribution in [0, 0.1) is 5.82 Å². The minimum Gasteiger partial charge on any atom is -0.507 e. The summed E-state index contributed by atoms with van der Waals surface area (Å²) >= 11 is 0. The van der Waals surface area contributed by atoms with Crippen molar-refractivity contribution in [2.45, 2.75) is 32.2 Å². The van der Waals surface area contributed by atoms with Crippen LogP contribution in [0.1, 0.15) is 43.4 Å². The number of hydrogen-bond donors (Lipinski definition) is 1. The van der Waals surface area contributed by atoms with E-state index >= 15 is 0 Å². The highest BCUT2D eigenvalue weighted by Crippen LogP contribution is 2.40. The van der Waals surface area contributed by atoms with Crippen molar-refractivity contribution in [1.29, 1.82) is 0 Å². The van der Waals surface area contributed by atoms with Crippen molar-refractivity contribution in [3.63, 3.8) is 0 Å². The molecule has 1 fully saturated rings. The van der Waals surface area contributed by atoms with Crippen LogP contribution in [0.25, 0.3) is 5.76 Å². The first-order chi connectivity index (χ1) is 15.5. The summed E-state index contributed by atoms with van der Waals surface area (Å²) in [5, 5.41) is 11.0. The topological polar surface area (TPSA) is 76.1 Å². The molecule has 0 saturated carbocycles. The molecule has 0 radical (unpaired) electrons. The Kier molecular flexibility index (Phi) is 8.00. The molecule has 170 valence electrons. The Labute approximate surface area is 187 Å². The van der Waals surface area contributed by atoms with Gasteiger partial charge in [-0.2, -0.15) is 0 Å². The van der Waals surface area contributed by atoms with Crippen molar-refractivity contribution in [3.05, 3.63) is 71.0 Å². The third-order valence-electron chi connectivity index (χ3n) is 5.42. The van der Waals surface area contributed by atoms with Crippen LogP contribution in [0.15, 0.2) is 54.1 Å². The molecule has 3 rings (SSSR count). The molecule has 0 aliphatic carbocycles. The largest absolute Gasteiger partial charge is 0.507 e. The van der Waals surface area contributed by atoms with Crippen molar-refractivity contribution in [2.75, 3.05) is 26.9 Å². The minimum absolute atomic E-state index is 0.0847. The molecule has 1 aliphatic rings. The summed E-state index contributed by atoms with van der Waals surface area (Å²) in [7, 11) is 1.47. The Morgan fingerprint density at radius 1 is 1.06 bits per heavy atom. The third kappa shape index (κ3) is 4.99. The fourth-order valence-electron chi connectivity index (χ4n) is 3.73. The van der Waals surface area contributed by atoms with Crippen molar-refractivity contribution in [1.82, 2.24) is 4.90 Å². The summed E-state index contributed by atoms with van der Waals surface area (Å²) in [5.41, 5.74) is 0.338. The molecular formula is C25H28FNO5. The quantitative estimate of drug-likeness (QED) is 0.255. The number of methoxy groups -OCH3 is 1. The van der Waals surface area contributed by atoms with Gasteiger partial charge in [0.05, 0.1) is 24.8 Å². The van der Waals surface area contributed by atoms with Crippen LogP contribution in [0.3, 0.4) is 0 Å². The van der Waals surface area contributed by atoms with Gasteiger partial charge in [-0.1, -0.05) is 38.0 Å². The van der Waals surface area contributed by atoms with Gasteiger partial charge >= 0.3 is 0 Å². The Morgan fingerprint density at radius 3 is 2.44 bits per heavy atom. The maximum atomic E-state index is 14.7. The minimum atomic E-state index is -1.05. The maximum Gasteiger partial charge on any atom is 0.295 e. The number of unbranched alkanes of at least 4 members (excludes halogenated alkanes) is 2. The molecule has 0 aromatic heterocycles. The Morgan fingerprint density at radius 2 is 1.78 bits per heavy atom. The predicted molar refractivity (Wildman–Crippen MR) is 119 cm³/mol. The van der Waals surface area contributed by atoms with Crippen LogP contribution in [0.2, 0.25) is 0 Å². The molecule has 1 amide bonds. The van der Waals surface area contributed by atoms with Crippen molar-refractivity contribution in [3.8, 4) is 5.75 Å². The van der Waals surface area contributed by atoms with E-state index in [0.29, 0.717) is 17.9 Å². The number of hydrogen-bond acceptors (Lipinski definition) is 5. The summed E-state index contributed by atoms with van der Waals surface area (Å²) in [6.07, 6.45) is 3.13. The maximum absolute atomic E-state index is 14.7. The number of benzene rings is 2. The second kappa shape index (κ2) is 10.9. The fraction of sp³-hybridized carbons (Fsp3) is 0.360. The molecule has 1 heterocycles. The van der Waals surface area contributed by atoms with E-state index in [9.17, 15) is 19.1 Å². The van der Waals surface area contributed by atoms with Crippen molar-refractivity contribution in [2.24, 2.45) is 0 Å². The van der Waals surface area contributed by atoms with E-state index in [1.54, 1.807) is 30.3 Å². The lowest BCUT2D eigenvalue weighted by Gasteiger charge is -2.25. The van der Waals surface area contributed by atoms with Gasteiger partial charge in [0.15, 0.2) is 0 Å². The summed E-state index contributed by atoms with van der Waals surface area (Å²) in [6, 6.07) is 11.5. The second-order valence-electron chi connectivity index (χ2n) is 7.59. The zero-order valence-corrected chi connectivity index (χ0v) is 18.3. The normalized spacial score (nSPS) is 17.7. The highest BCUT2D eigenvalue weighted by Gasteiger charge is 2.46. The molecule has 1 N–H and O–H groups in total. The molecule has 6 nitrogen and oxygen atoms in total. The lowest BCUT2D eigenvalue weighted by atomic mass is 9.95. The second-order valence-corrected chi connectivity index (χ2v) is 7.59. The van der Waals surface area contributed by atoms with Gasteiger partial charge in [0.1, 0.15) is 17.3 Å². The number of Topliss-reactive ketones (excluding diaryl/α,β-unsaturated/α-hetero) is 1. The van der Waals surface area contributed by atoms with E-state index in [1.165, 1.54) is 30.2 Å². The van der Waals surface area contributed by atoms with E-state index < -0.39 is 23.5 Å². The number of ketones is 1. The number of aliphatic hydroxyl groups is 1. The van der Waals surface area contributed by atoms with Gasteiger partial charge in [-0.15, -0.1) is 0 Å². The number of carbonyl (C=O) groups is 2. The molecule has 1 unspecified atom stereocenters. The van der Waals surface area contributed by atoms with Crippen LogP contribution in [-0.2, 0) is 14.3 Å². The number of ether oxygens (including phenoxy) is 2. The first kappa shape index (κ1) is 23.5. The summed E-state index contributed by atoms with van der Waals surface area (Å²) < 4.78 is 25.4. The van der Waals surface area contributed by atoms with Gasteiger partial charge < -0.3 is 19.5 Å². The molecule has 2 aromatic carbocycles. The lowest BCUT2D eigenvalue weighted by Crippen LogP contribution is -2.33. The first-order valence-corrected chi connectivity index (χ1v) is 10.7. The number of nitrogens with zero attached hydrogens (tertiary/aromatic N) is 1. The van der Waals surface area contributed by atoms with E-state index in [2.05, 4.69) is 6.92 Å². The van der Waals surface area contributed by atoms with E-state index in [1.807, 2.05) is 0 Å². The average molecular weight is 441 g/mol. The zero-order chi connectivity index (χ0) is 23.1. The van der Waals surface area contributed by atoms with Gasteiger partial charge in [-0.3, -0.25) is 9.59 Å². The highest BCUT2D eigenvalue weighted by molar-refractivity contribution is 6.46. The molecule has 7 heteroatoms. The molecule has 1 aliphatic heterocycles. The van der Waals surface area contributed by atoms with Crippen LogP contribution < -0.4 is 4.74 Å². The Hall–Kier alpha value is -3.19. The molecular weight excluding hydrogens is 413 g/mol.